The fourth-order valence-electron chi connectivity index (χ4n) is 3.53. The summed E-state index contributed by atoms with van der Waals surface area (Å²) in [5.41, 5.74) is 2.00. The van der Waals surface area contributed by atoms with E-state index in [1.165, 1.54) is 23.8 Å². The van der Waals surface area contributed by atoms with Gasteiger partial charge >= 0.3 is 5.97 Å². The van der Waals surface area contributed by atoms with Crippen molar-refractivity contribution in [2.24, 2.45) is 13.0 Å². The second-order valence-electron chi connectivity index (χ2n) is 6.66. The molecule has 25 heavy (non-hydrogen) atoms. The Balaban J connectivity index is 2.17. The second-order valence-corrected chi connectivity index (χ2v) is 6.66. The van der Waals surface area contributed by atoms with Gasteiger partial charge in [0.1, 0.15) is 5.52 Å². The van der Waals surface area contributed by atoms with Crippen LogP contribution < -0.4 is 5.56 Å². The molecule has 0 amide bonds. The van der Waals surface area contributed by atoms with E-state index in [0.717, 1.165) is 12.8 Å². The summed E-state index contributed by atoms with van der Waals surface area (Å²) >= 11 is 0. The summed E-state index contributed by atoms with van der Waals surface area (Å²) in [6.07, 6.45) is 7.69. The lowest BCUT2D eigenvalue weighted by atomic mass is 9.89. The Hall–Kier alpha value is -2.48. The van der Waals surface area contributed by atoms with Crippen LogP contribution in [0.1, 0.15) is 60.6 Å². The highest BCUT2D eigenvalue weighted by Gasteiger charge is 2.22. The van der Waals surface area contributed by atoms with E-state index in [2.05, 4.69) is 16.8 Å². The number of nitrogens with one attached hydrogen (secondary N) is 1. The van der Waals surface area contributed by atoms with Gasteiger partial charge in [-0.1, -0.05) is 31.1 Å². The van der Waals surface area contributed by atoms with Crippen LogP contribution >= 0.6 is 0 Å². The minimum absolute atomic E-state index is 0.170. The number of aryl methyl sites for hydroxylation is 2. The van der Waals surface area contributed by atoms with Crippen molar-refractivity contribution in [3.63, 3.8) is 0 Å². The van der Waals surface area contributed by atoms with Crippen molar-refractivity contribution < 1.29 is 9.53 Å². The number of carbonyl (C=O) groups is 1. The van der Waals surface area contributed by atoms with E-state index < -0.39 is 5.97 Å². The van der Waals surface area contributed by atoms with E-state index in [4.69, 9.17) is 4.74 Å². The SMILES string of the molecule is CCOC(=O)c1c(C)[nH]c2c(=O)n(C)cc(C#CC3CCCCC3)c12. The van der Waals surface area contributed by atoms with E-state index >= 15 is 0 Å². The predicted octanol–water partition coefficient (Wildman–Crippen LogP) is 3.28. The Morgan fingerprint density at radius 3 is 2.76 bits per heavy atom. The van der Waals surface area contributed by atoms with Gasteiger partial charge in [-0.3, -0.25) is 4.79 Å². The zero-order chi connectivity index (χ0) is 18.0. The van der Waals surface area contributed by atoms with Gasteiger partial charge in [0.25, 0.3) is 5.56 Å². The van der Waals surface area contributed by atoms with Crippen molar-refractivity contribution >= 4 is 16.9 Å². The molecule has 1 saturated carbocycles. The molecule has 132 valence electrons. The Bertz CT molecular complexity index is 918. The molecular weight excluding hydrogens is 316 g/mol. The molecule has 1 aliphatic rings. The number of H-pyrrole nitrogens is 1. The molecule has 2 aromatic rings. The molecule has 5 nitrogen and oxygen atoms in total. The molecule has 2 heterocycles. The molecule has 0 aromatic carbocycles. The molecule has 0 atom stereocenters. The number of pyridine rings is 1. The summed E-state index contributed by atoms with van der Waals surface area (Å²) in [6, 6.07) is 0. The van der Waals surface area contributed by atoms with Crippen LogP contribution in [0.4, 0.5) is 0 Å². The maximum absolute atomic E-state index is 12.5. The smallest absolute Gasteiger partial charge is 0.340 e. The first-order valence-electron chi connectivity index (χ1n) is 8.93. The summed E-state index contributed by atoms with van der Waals surface area (Å²) < 4.78 is 6.69. The highest BCUT2D eigenvalue weighted by Crippen LogP contribution is 2.26. The van der Waals surface area contributed by atoms with Gasteiger partial charge in [-0.15, -0.1) is 0 Å². The van der Waals surface area contributed by atoms with Crippen LogP contribution in [0.3, 0.4) is 0 Å². The van der Waals surface area contributed by atoms with Crippen molar-refractivity contribution in [1.82, 2.24) is 9.55 Å². The predicted molar refractivity (Wildman–Crippen MR) is 97.7 cm³/mol. The van der Waals surface area contributed by atoms with E-state index in [-0.39, 0.29) is 5.56 Å². The van der Waals surface area contributed by atoms with Crippen LogP contribution in [-0.4, -0.2) is 22.1 Å². The quantitative estimate of drug-likeness (QED) is 0.674. The molecular formula is C20H24N2O3. The zero-order valence-corrected chi connectivity index (χ0v) is 15.1. The summed E-state index contributed by atoms with van der Waals surface area (Å²) in [6.45, 7) is 3.84. The lowest BCUT2D eigenvalue weighted by molar-refractivity contribution is 0.0528. The monoisotopic (exact) mass is 340 g/mol. The third kappa shape index (κ3) is 3.34. The van der Waals surface area contributed by atoms with Crippen LogP contribution in [0.25, 0.3) is 10.9 Å². The number of rotatable bonds is 2. The molecule has 3 rings (SSSR count). The number of hydrogen-bond acceptors (Lipinski definition) is 3. The number of carbonyl (C=O) groups excluding carboxylic acids is 1. The second kappa shape index (κ2) is 7.18. The normalized spacial score (nSPS) is 15.0. The minimum atomic E-state index is -0.416. The van der Waals surface area contributed by atoms with Crippen molar-refractivity contribution in [2.45, 2.75) is 46.0 Å². The van der Waals surface area contributed by atoms with Gasteiger partial charge in [0.15, 0.2) is 0 Å². The first-order chi connectivity index (χ1) is 12.0. The Morgan fingerprint density at radius 2 is 2.08 bits per heavy atom. The molecule has 0 unspecified atom stereocenters. The minimum Gasteiger partial charge on any atom is -0.462 e. The standard InChI is InChI=1S/C20H24N2O3/c1-4-25-20(24)16-13(2)21-18-17(16)15(12-22(3)19(18)23)11-10-14-8-6-5-7-9-14/h12,14,21H,4-9H2,1-3H3. The van der Waals surface area contributed by atoms with Gasteiger partial charge in [0.05, 0.1) is 17.7 Å². The van der Waals surface area contributed by atoms with Gasteiger partial charge in [-0.25, -0.2) is 4.79 Å². The van der Waals surface area contributed by atoms with E-state index in [1.54, 1.807) is 27.1 Å². The van der Waals surface area contributed by atoms with Gasteiger partial charge < -0.3 is 14.3 Å². The van der Waals surface area contributed by atoms with E-state index in [0.29, 0.717) is 40.2 Å². The summed E-state index contributed by atoms with van der Waals surface area (Å²) in [5.74, 6) is 6.57. The lowest BCUT2D eigenvalue weighted by Crippen LogP contribution is -2.17. The third-order valence-electron chi connectivity index (χ3n) is 4.81. The van der Waals surface area contributed by atoms with Gasteiger partial charge in [-0.05, 0) is 26.7 Å². The van der Waals surface area contributed by atoms with Crippen LogP contribution in [0.15, 0.2) is 11.0 Å². The first-order valence-corrected chi connectivity index (χ1v) is 8.93. The van der Waals surface area contributed by atoms with Gasteiger partial charge in [0, 0.05) is 30.2 Å². The average molecular weight is 340 g/mol. The molecule has 2 aromatic heterocycles. The molecule has 5 heteroatoms. The van der Waals surface area contributed by atoms with E-state index in [1.807, 2.05) is 0 Å². The summed E-state index contributed by atoms with van der Waals surface area (Å²) in [5, 5.41) is 0.586. The molecule has 1 N–H and O–H groups in total. The topological polar surface area (TPSA) is 64.1 Å². The number of esters is 1. The maximum Gasteiger partial charge on any atom is 0.340 e. The Kier molecular flexibility index (Phi) is 4.98. The number of ether oxygens (including phenoxy) is 1. The first kappa shape index (κ1) is 17.3. The Morgan fingerprint density at radius 1 is 1.36 bits per heavy atom. The summed E-state index contributed by atoms with van der Waals surface area (Å²) in [7, 11) is 1.70. The van der Waals surface area contributed by atoms with Gasteiger partial charge in [-0.2, -0.15) is 0 Å². The maximum atomic E-state index is 12.5. The lowest BCUT2D eigenvalue weighted by Gasteiger charge is -2.15. The number of hydrogen-bond donors (Lipinski definition) is 1. The average Bonchev–Trinajstić information content (AvgIpc) is 2.95. The number of aromatic nitrogens is 2. The van der Waals surface area contributed by atoms with Crippen molar-refractivity contribution in [2.75, 3.05) is 6.61 Å². The molecule has 0 saturated heterocycles. The summed E-state index contributed by atoms with van der Waals surface area (Å²) in [4.78, 5) is 27.9. The number of aromatic amines is 1. The number of nitrogens with zero attached hydrogens (tertiary/aromatic N) is 1. The molecule has 0 spiro atoms. The highest BCUT2D eigenvalue weighted by atomic mass is 16.5. The Labute approximate surface area is 147 Å². The molecule has 0 radical (unpaired) electrons. The van der Waals surface area contributed by atoms with Crippen LogP contribution in [-0.2, 0) is 11.8 Å². The highest BCUT2D eigenvalue weighted by molar-refractivity contribution is 6.07. The largest absolute Gasteiger partial charge is 0.462 e. The van der Waals surface area contributed by atoms with Crippen LogP contribution in [0.5, 0.6) is 0 Å². The third-order valence-corrected chi connectivity index (χ3v) is 4.81. The van der Waals surface area contributed by atoms with Crippen molar-refractivity contribution in [3.05, 3.63) is 33.4 Å². The van der Waals surface area contributed by atoms with Crippen LogP contribution in [0.2, 0.25) is 0 Å². The van der Waals surface area contributed by atoms with Crippen LogP contribution in [0, 0.1) is 24.7 Å². The molecule has 0 bridgehead atoms. The fourth-order valence-corrected chi connectivity index (χ4v) is 3.53. The molecule has 1 aliphatic carbocycles. The molecule has 0 aliphatic heterocycles. The van der Waals surface area contributed by atoms with Gasteiger partial charge in [0.2, 0.25) is 0 Å². The molecule has 1 fully saturated rings. The zero-order valence-electron chi connectivity index (χ0n) is 15.1. The number of fused-ring (bicyclic) bond motifs is 1. The van der Waals surface area contributed by atoms with Crippen molar-refractivity contribution in [3.8, 4) is 11.8 Å². The van der Waals surface area contributed by atoms with E-state index in [9.17, 15) is 9.59 Å². The fraction of sp³-hybridized carbons (Fsp3) is 0.500. The van der Waals surface area contributed by atoms with Crippen molar-refractivity contribution in [1.29, 1.82) is 0 Å².